The lowest BCUT2D eigenvalue weighted by molar-refractivity contribution is 0.413. The summed E-state index contributed by atoms with van der Waals surface area (Å²) in [5, 5.41) is 3.63. The summed E-state index contributed by atoms with van der Waals surface area (Å²) >= 11 is 0. The fourth-order valence-corrected chi connectivity index (χ4v) is 2.13. The molecule has 0 saturated carbocycles. The maximum Gasteiger partial charge on any atom is 0.141 e. The van der Waals surface area contributed by atoms with Crippen LogP contribution in [0.1, 0.15) is 45.6 Å². The third kappa shape index (κ3) is 4.25. The van der Waals surface area contributed by atoms with Gasteiger partial charge in [0.25, 0.3) is 0 Å². The fraction of sp³-hybridized carbons (Fsp3) is 0.625. The number of ether oxygens (including phenoxy) is 1. The number of aryl methyl sites for hydroxylation is 1. The van der Waals surface area contributed by atoms with Crippen LogP contribution in [0, 0.1) is 12.8 Å². The Bertz CT molecular complexity index is 362. The SMILES string of the molecule is CCC(C)CC(CC)Nc1cc(C)ccc1OC. The van der Waals surface area contributed by atoms with Gasteiger partial charge >= 0.3 is 0 Å². The number of hydrogen-bond donors (Lipinski definition) is 1. The van der Waals surface area contributed by atoms with E-state index in [1.54, 1.807) is 7.11 Å². The molecule has 0 heterocycles. The lowest BCUT2D eigenvalue weighted by Crippen LogP contribution is -2.21. The molecule has 1 aromatic carbocycles. The predicted molar refractivity (Wildman–Crippen MR) is 79.5 cm³/mol. The largest absolute Gasteiger partial charge is 0.495 e. The van der Waals surface area contributed by atoms with Gasteiger partial charge in [-0.05, 0) is 43.4 Å². The molecule has 0 saturated heterocycles. The van der Waals surface area contributed by atoms with Gasteiger partial charge < -0.3 is 10.1 Å². The molecule has 0 amide bonds. The van der Waals surface area contributed by atoms with Gasteiger partial charge in [-0.25, -0.2) is 0 Å². The molecule has 1 rings (SSSR count). The number of methoxy groups -OCH3 is 1. The first kappa shape index (κ1) is 14.9. The molecule has 0 spiro atoms. The molecule has 2 heteroatoms. The topological polar surface area (TPSA) is 21.3 Å². The van der Waals surface area contributed by atoms with Crippen molar-refractivity contribution >= 4 is 5.69 Å². The first-order chi connectivity index (χ1) is 8.60. The van der Waals surface area contributed by atoms with Crippen LogP contribution in [0.4, 0.5) is 5.69 Å². The van der Waals surface area contributed by atoms with Crippen molar-refractivity contribution in [3.8, 4) is 5.75 Å². The minimum Gasteiger partial charge on any atom is -0.495 e. The van der Waals surface area contributed by atoms with E-state index in [1.165, 1.54) is 18.4 Å². The minimum atomic E-state index is 0.524. The molecule has 1 aromatic rings. The van der Waals surface area contributed by atoms with Gasteiger partial charge in [0.05, 0.1) is 12.8 Å². The van der Waals surface area contributed by atoms with Crippen molar-refractivity contribution in [1.82, 2.24) is 0 Å². The average molecular weight is 249 g/mol. The van der Waals surface area contributed by atoms with Crippen LogP contribution in [0.25, 0.3) is 0 Å². The van der Waals surface area contributed by atoms with Gasteiger partial charge in [0, 0.05) is 6.04 Å². The van der Waals surface area contributed by atoms with Crippen LogP contribution < -0.4 is 10.1 Å². The standard InChI is InChI=1S/C16H27NO/c1-6-12(3)10-14(7-2)17-15-11-13(4)8-9-16(15)18-5/h8-9,11-12,14,17H,6-7,10H2,1-5H3. The molecular weight excluding hydrogens is 222 g/mol. The molecule has 1 N–H and O–H groups in total. The van der Waals surface area contributed by atoms with Gasteiger partial charge in [0.1, 0.15) is 5.75 Å². The summed E-state index contributed by atoms with van der Waals surface area (Å²) in [5.74, 6) is 1.70. The number of rotatable bonds is 7. The molecule has 0 aromatic heterocycles. The quantitative estimate of drug-likeness (QED) is 0.760. The summed E-state index contributed by atoms with van der Waals surface area (Å²) in [6.07, 6.45) is 3.59. The van der Waals surface area contributed by atoms with Crippen LogP contribution in [-0.2, 0) is 0 Å². The lowest BCUT2D eigenvalue weighted by Gasteiger charge is -2.23. The van der Waals surface area contributed by atoms with Crippen molar-refractivity contribution in [3.63, 3.8) is 0 Å². The Labute approximate surface area is 112 Å². The number of anilines is 1. The van der Waals surface area contributed by atoms with E-state index in [9.17, 15) is 0 Å². The summed E-state index contributed by atoms with van der Waals surface area (Å²) < 4.78 is 5.41. The van der Waals surface area contributed by atoms with E-state index in [4.69, 9.17) is 4.74 Å². The lowest BCUT2D eigenvalue weighted by atomic mass is 9.97. The second-order valence-electron chi connectivity index (χ2n) is 5.20. The van der Waals surface area contributed by atoms with E-state index >= 15 is 0 Å². The monoisotopic (exact) mass is 249 g/mol. The van der Waals surface area contributed by atoms with E-state index in [0.29, 0.717) is 6.04 Å². The zero-order chi connectivity index (χ0) is 13.5. The Balaban J connectivity index is 2.77. The number of hydrogen-bond acceptors (Lipinski definition) is 2. The minimum absolute atomic E-state index is 0.524. The second-order valence-corrected chi connectivity index (χ2v) is 5.20. The van der Waals surface area contributed by atoms with E-state index in [0.717, 1.165) is 23.8 Å². The molecule has 0 radical (unpaired) electrons. The molecule has 0 aliphatic rings. The Morgan fingerprint density at radius 3 is 2.50 bits per heavy atom. The second kappa shape index (κ2) is 7.30. The highest BCUT2D eigenvalue weighted by molar-refractivity contribution is 5.58. The van der Waals surface area contributed by atoms with Crippen LogP contribution in [0.15, 0.2) is 18.2 Å². The summed E-state index contributed by atoms with van der Waals surface area (Å²) in [6, 6.07) is 6.81. The Morgan fingerprint density at radius 2 is 1.94 bits per heavy atom. The zero-order valence-electron chi connectivity index (χ0n) is 12.4. The maximum absolute atomic E-state index is 5.41. The molecule has 0 fully saturated rings. The highest BCUT2D eigenvalue weighted by Crippen LogP contribution is 2.27. The third-order valence-electron chi connectivity index (χ3n) is 3.59. The van der Waals surface area contributed by atoms with E-state index in [2.05, 4.69) is 45.1 Å². The van der Waals surface area contributed by atoms with Crippen molar-refractivity contribution in [2.75, 3.05) is 12.4 Å². The summed E-state index contributed by atoms with van der Waals surface area (Å²) in [7, 11) is 1.73. The fourth-order valence-electron chi connectivity index (χ4n) is 2.13. The van der Waals surface area contributed by atoms with Crippen LogP contribution in [0.2, 0.25) is 0 Å². The Kier molecular flexibility index (Phi) is 6.03. The molecule has 2 unspecified atom stereocenters. The van der Waals surface area contributed by atoms with Crippen molar-refractivity contribution in [2.24, 2.45) is 5.92 Å². The van der Waals surface area contributed by atoms with Gasteiger partial charge in [-0.1, -0.05) is 33.3 Å². The van der Waals surface area contributed by atoms with Crippen LogP contribution in [-0.4, -0.2) is 13.2 Å². The summed E-state index contributed by atoms with van der Waals surface area (Å²) in [6.45, 7) is 8.92. The van der Waals surface area contributed by atoms with Crippen molar-refractivity contribution < 1.29 is 4.74 Å². The molecule has 0 aliphatic heterocycles. The van der Waals surface area contributed by atoms with Crippen LogP contribution in [0.3, 0.4) is 0 Å². The zero-order valence-corrected chi connectivity index (χ0v) is 12.4. The van der Waals surface area contributed by atoms with Gasteiger partial charge in [-0.3, -0.25) is 0 Å². The van der Waals surface area contributed by atoms with Crippen LogP contribution >= 0.6 is 0 Å². The van der Waals surface area contributed by atoms with Crippen molar-refractivity contribution in [2.45, 2.75) is 53.0 Å². The average Bonchev–Trinajstić information content (AvgIpc) is 2.38. The molecule has 18 heavy (non-hydrogen) atoms. The first-order valence-corrected chi connectivity index (χ1v) is 7.01. The van der Waals surface area contributed by atoms with Crippen LogP contribution in [0.5, 0.6) is 5.75 Å². The molecular formula is C16H27NO. The van der Waals surface area contributed by atoms with Gasteiger partial charge in [-0.15, -0.1) is 0 Å². The number of nitrogens with one attached hydrogen (secondary N) is 1. The first-order valence-electron chi connectivity index (χ1n) is 7.01. The molecule has 0 bridgehead atoms. The van der Waals surface area contributed by atoms with E-state index in [-0.39, 0.29) is 0 Å². The maximum atomic E-state index is 5.41. The van der Waals surface area contributed by atoms with E-state index < -0.39 is 0 Å². The Hall–Kier alpha value is -1.18. The molecule has 102 valence electrons. The highest BCUT2D eigenvalue weighted by atomic mass is 16.5. The Morgan fingerprint density at radius 1 is 1.22 bits per heavy atom. The van der Waals surface area contributed by atoms with Crippen molar-refractivity contribution in [1.29, 1.82) is 0 Å². The van der Waals surface area contributed by atoms with Crippen molar-refractivity contribution in [3.05, 3.63) is 23.8 Å². The summed E-state index contributed by atoms with van der Waals surface area (Å²) in [5.41, 5.74) is 2.38. The predicted octanol–water partition coefficient (Wildman–Crippen LogP) is 4.63. The molecule has 2 atom stereocenters. The summed E-state index contributed by atoms with van der Waals surface area (Å²) in [4.78, 5) is 0. The smallest absolute Gasteiger partial charge is 0.141 e. The van der Waals surface area contributed by atoms with Gasteiger partial charge in [0.15, 0.2) is 0 Å². The molecule has 2 nitrogen and oxygen atoms in total. The van der Waals surface area contributed by atoms with Gasteiger partial charge in [0.2, 0.25) is 0 Å². The normalized spacial score (nSPS) is 14.1. The number of benzene rings is 1. The third-order valence-corrected chi connectivity index (χ3v) is 3.59. The molecule has 0 aliphatic carbocycles. The van der Waals surface area contributed by atoms with Gasteiger partial charge in [-0.2, -0.15) is 0 Å². The van der Waals surface area contributed by atoms with E-state index in [1.807, 2.05) is 6.07 Å². The highest BCUT2D eigenvalue weighted by Gasteiger charge is 2.12.